The Labute approximate surface area is 191 Å². The van der Waals surface area contributed by atoms with Crippen LogP contribution in [0.1, 0.15) is 28.5 Å². The second-order valence-electron chi connectivity index (χ2n) is 7.00. The maximum absolute atomic E-state index is 12.3. The minimum Gasteiger partial charge on any atom is -0.494 e. The fourth-order valence-electron chi connectivity index (χ4n) is 3.11. The average Bonchev–Trinajstić information content (AvgIpc) is 3.16. The predicted molar refractivity (Wildman–Crippen MR) is 125 cm³/mol. The Bertz CT molecular complexity index is 1240. The number of hydrogen-bond acceptors (Lipinski definition) is 6. The first-order chi connectivity index (χ1) is 16.2. The largest absolute Gasteiger partial charge is 0.494 e. The van der Waals surface area contributed by atoms with Crippen LogP contribution in [0.2, 0.25) is 0 Å². The van der Waals surface area contributed by atoms with Gasteiger partial charge in [-0.15, -0.1) is 0 Å². The van der Waals surface area contributed by atoms with Gasteiger partial charge in [-0.2, -0.15) is 14.9 Å². The van der Waals surface area contributed by atoms with E-state index in [1.165, 1.54) is 12.4 Å². The summed E-state index contributed by atoms with van der Waals surface area (Å²) >= 11 is 0. The lowest BCUT2D eigenvalue weighted by atomic mass is 10.2. The molecular formula is C25H23N5O3. The minimum atomic E-state index is -0.360. The van der Waals surface area contributed by atoms with E-state index in [1.807, 2.05) is 68.4 Å². The summed E-state index contributed by atoms with van der Waals surface area (Å²) in [6.07, 6.45) is 4.61. The number of pyridine rings is 1. The Morgan fingerprint density at radius 1 is 1.06 bits per heavy atom. The number of carbonyl (C=O) groups is 1. The van der Waals surface area contributed by atoms with Gasteiger partial charge in [-0.1, -0.05) is 18.2 Å². The summed E-state index contributed by atoms with van der Waals surface area (Å²) in [7, 11) is 0. The lowest BCUT2D eigenvalue weighted by molar-refractivity contribution is 0.0954. The quantitative estimate of drug-likeness (QED) is 0.320. The molecule has 33 heavy (non-hydrogen) atoms. The van der Waals surface area contributed by atoms with Gasteiger partial charge in [-0.25, -0.2) is 5.43 Å². The van der Waals surface area contributed by atoms with Gasteiger partial charge in [-0.3, -0.25) is 9.78 Å². The molecular weight excluding hydrogens is 418 g/mol. The summed E-state index contributed by atoms with van der Waals surface area (Å²) in [5, 5.41) is 8.75. The second-order valence-corrected chi connectivity index (χ2v) is 7.00. The predicted octanol–water partition coefficient (Wildman–Crippen LogP) is 4.53. The summed E-state index contributed by atoms with van der Waals surface area (Å²) in [5.41, 5.74) is 5.10. The van der Waals surface area contributed by atoms with Crippen LogP contribution >= 0.6 is 0 Å². The summed E-state index contributed by atoms with van der Waals surface area (Å²) < 4.78 is 13.4. The van der Waals surface area contributed by atoms with Crippen LogP contribution in [0.5, 0.6) is 17.4 Å². The van der Waals surface area contributed by atoms with Crippen LogP contribution in [-0.2, 0) is 0 Å². The van der Waals surface area contributed by atoms with E-state index in [2.05, 4.69) is 20.6 Å². The van der Waals surface area contributed by atoms with E-state index >= 15 is 0 Å². The van der Waals surface area contributed by atoms with Crippen molar-refractivity contribution in [2.45, 2.75) is 13.8 Å². The number of aromatic nitrogens is 3. The third kappa shape index (κ3) is 5.24. The van der Waals surface area contributed by atoms with Crippen LogP contribution in [0.15, 0.2) is 84.2 Å². The molecule has 0 bridgehead atoms. The summed E-state index contributed by atoms with van der Waals surface area (Å²) in [4.78, 5) is 16.2. The zero-order valence-corrected chi connectivity index (χ0v) is 18.3. The first kappa shape index (κ1) is 21.8. The number of carbonyl (C=O) groups excluding carboxylic acids is 1. The molecule has 166 valence electrons. The maximum atomic E-state index is 12.3. The molecule has 0 aliphatic heterocycles. The lowest BCUT2D eigenvalue weighted by Crippen LogP contribution is -2.17. The van der Waals surface area contributed by atoms with Crippen molar-refractivity contribution in [1.29, 1.82) is 0 Å². The molecule has 0 saturated carbocycles. The number of hydrogen-bond donors (Lipinski definition) is 1. The van der Waals surface area contributed by atoms with Crippen molar-refractivity contribution in [3.05, 3.63) is 95.9 Å². The number of nitrogens with zero attached hydrogens (tertiary/aromatic N) is 4. The zero-order chi connectivity index (χ0) is 23.0. The van der Waals surface area contributed by atoms with Crippen molar-refractivity contribution in [3.63, 3.8) is 0 Å². The molecule has 4 rings (SSSR count). The highest BCUT2D eigenvalue weighted by Crippen LogP contribution is 2.30. The van der Waals surface area contributed by atoms with Crippen LogP contribution in [0.25, 0.3) is 5.69 Å². The van der Waals surface area contributed by atoms with Crippen molar-refractivity contribution in [3.8, 4) is 23.1 Å². The van der Waals surface area contributed by atoms with Gasteiger partial charge in [0, 0.05) is 12.4 Å². The fourth-order valence-corrected chi connectivity index (χ4v) is 3.11. The van der Waals surface area contributed by atoms with Gasteiger partial charge >= 0.3 is 0 Å². The molecule has 0 aliphatic rings. The van der Waals surface area contributed by atoms with E-state index in [4.69, 9.17) is 9.47 Å². The van der Waals surface area contributed by atoms with Gasteiger partial charge in [0.05, 0.1) is 35.3 Å². The number of rotatable bonds is 8. The van der Waals surface area contributed by atoms with Crippen molar-refractivity contribution in [2.75, 3.05) is 6.61 Å². The number of para-hydroxylation sites is 1. The van der Waals surface area contributed by atoms with Gasteiger partial charge in [0.1, 0.15) is 11.5 Å². The topological polar surface area (TPSA) is 90.6 Å². The monoisotopic (exact) mass is 441 g/mol. The Kier molecular flexibility index (Phi) is 6.75. The van der Waals surface area contributed by atoms with Gasteiger partial charge in [0.15, 0.2) is 0 Å². The molecule has 2 heterocycles. The van der Waals surface area contributed by atoms with Crippen LogP contribution in [0.4, 0.5) is 0 Å². The number of hydrazone groups is 1. The Morgan fingerprint density at radius 3 is 2.52 bits per heavy atom. The molecule has 4 aromatic rings. The molecule has 0 radical (unpaired) electrons. The Hall–Kier alpha value is -4.46. The highest BCUT2D eigenvalue weighted by atomic mass is 16.5. The van der Waals surface area contributed by atoms with Crippen molar-refractivity contribution < 1.29 is 14.3 Å². The van der Waals surface area contributed by atoms with E-state index in [0.29, 0.717) is 35.1 Å². The maximum Gasteiger partial charge on any atom is 0.272 e. The number of amides is 1. The number of nitrogens with one attached hydrogen (secondary N) is 1. The van der Waals surface area contributed by atoms with Crippen molar-refractivity contribution >= 4 is 12.1 Å². The number of ether oxygens (including phenoxy) is 2. The molecule has 8 heteroatoms. The van der Waals surface area contributed by atoms with Crippen molar-refractivity contribution in [1.82, 2.24) is 20.2 Å². The third-order valence-corrected chi connectivity index (χ3v) is 4.70. The Morgan fingerprint density at radius 2 is 1.82 bits per heavy atom. The van der Waals surface area contributed by atoms with E-state index in [9.17, 15) is 4.79 Å². The molecule has 0 fully saturated rings. The molecule has 1 N–H and O–H groups in total. The second kappa shape index (κ2) is 10.2. The molecule has 0 spiro atoms. The lowest BCUT2D eigenvalue weighted by Gasteiger charge is -2.11. The van der Waals surface area contributed by atoms with E-state index in [1.54, 1.807) is 23.0 Å². The first-order valence-electron chi connectivity index (χ1n) is 10.4. The van der Waals surface area contributed by atoms with Gasteiger partial charge in [0.25, 0.3) is 5.91 Å². The fraction of sp³-hybridized carbons (Fsp3) is 0.120. The molecule has 0 unspecified atom stereocenters. The van der Waals surface area contributed by atoms with Crippen LogP contribution < -0.4 is 14.9 Å². The van der Waals surface area contributed by atoms with Crippen LogP contribution in [0, 0.1) is 6.92 Å². The third-order valence-electron chi connectivity index (χ3n) is 4.70. The molecule has 1 amide bonds. The number of benzene rings is 2. The smallest absolute Gasteiger partial charge is 0.272 e. The van der Waals surface area contributed by atoms with Gasteiger partial charge in [-0.05, 0) is 62.4 Å². The van der Waals surface area contributed by atoms with Gasteiger partial charge in [0.2, 0.25) is 5.88 Å². The van der Waals surface area contributed by atoms with Gasteiger partial charge < -0.3 is 9.47 Å². The average molecular weight is 441 g/mol. The van der Waals surface area contributed by atoms with E-state index in [-0.39, 0.29) is 5.91 Å². The molecule has 0 aliphatic carbocycles. The normalized spacial score (nSPS) is 10.8. The summed E-state index contributed by atoms with van der Waals surface area (Å²) in [6, 6.07) is 20.3. The summed E-state index contributed by atoms with van der Waals surface area (Å²) in [5.74, 6) is 1.49. The number of aryl methyl sites for hydroxylation is 1. The highest BCUT2D eigenvalue weighted by Gasteiger charge is 2.18. The van der Waals surface area contributed by atoms with Crippen LogP contribution in [-0.4, -0.2) is 33.5 Å². The van der Waals surface area contributed by atoms with Crippen LogP contribution in [0.3, 0.4) is 0 Å². The van der Waals surface area contributed by atoms with Crippen molar-refractivity contribution in [2.24, 2.45) is 5.10 Å². The molecule has 8 nitrogen and oxygen atoms in total. The Balaban J connectivity index is 1.64. The zero-order valence-electron chi connectivity index (χ0n) is 18.3. The standard InChI is InChI=1S/C25H23N5O3/c1-3-32-21-11-13-22(14-12-21)33-25-23(17-27-28-24(31)19-8-7-15-26-16-19)18(2)29-30(25)20-9-5-4-6-10-20/h4-17H,3H2,1-2H3,(H,28,31)/b27-17+. The molecule has 2 aromatic heterocycles. The van der Waals surface area contributed by atoms with E-state index < -0.39 is 0 Å². The minimum absolute atomic E-state index is 0.360. The summed E-state index contributed by atoms with van der Waals surface area (Å²) in [6.45, 7) is 4.38. The van der Waals surface area contributed by atoms with E-state index in [0.717, 1.165) is 11.4 Å². The first-order valence-corrected chi connectivity index (χ1v) is 10.4. The highest BCUT2D eigenvalue weighted by molar-refractivity contribution is 5.94. The molecule has 0 saturated heterocycles. The SMILES string of the molecule is CCOc1ccc(Oc2c(/C=N/NC(=O)c3cccnc3)c(C)nn2-c2ccccc2)cc1. The molecule has 0 atom stereocenters. The molecule has 2 aromatic carbocycles.